The number of carboxylic acids is 1. The van der Waals surface area contributed by atoms with E-state index in [1.165, 1.54) is 0 Å². The van der Waals surface area contributed by atoms with Crippen molar-refractivity contribution in [2.45, 2.75) is 51.5 Å². The van der Waals surface area contributed by atoms with E-state index in [0.29, 0.717) is 32.1 Å². The lowest BCUT2D eigenvalue weighted by atomic mass is 9.93. The number of hydrogen-bond donors (Lipinski definition) is 3. The lowest BCUT2D eigenvalue weighted by Gasteiger charge is -2.34. The zero-order chi connectivity index (χ0) is 15.0. The molecule has 0 aromatic rings. The van der Waals surface area contributed by atoms with E-state index in [1.54, 1.807) is 0 Å². The van der Waals surface area contributed by atoms with E-state index < -0.39 is 5.97 Å². The molecule has 1 rings (SSSR count). The maximum absolute atomic E-state index is 11.8. The minimum Gasteiger partial charge on any atom is -0.481 e. The van der Waals surface area contributed by atoms with E-state index in [-0.39, 0.29) is 18.0 Å². The van der Waals surface area contributed by atoms with Crippen LogP contribution in [0.4, 0.5) is 4.79 Å². The van der Waals surface area contributed by atoms with Crippen LogP contribution in [0.5, 0.6) is 0 Å². The van der Waals surface area contributed by atoms with Gasteiger partial charge >= 0.3 is 12.0 Å². The van der Waals surface area contributed by atoms with Crippen molar-refractivity contribution >= 4 is 12.0 Å². The number of amides is 2. The van der Waals surface area contributed by atoms with Gasteiger partial charge in [0.2, 0.25) is 0 Å². The monoisotopic (exact) mass is 286 g/mol. The minimum atomic E-state index is -0.769. The van der Waals surface area contributed by atoms with Gasteiger partial charge in [-0.3, -0.25) is 4.79 Å². The summed E-state index contributed by atoms with van der Waals surface area (Å²) in [7, 11) is 0. The van der Waals surface area contributed by atoms with Gasteiger partial charge in [-0.15, -0.1) is 0 Å². The standard InChI is InChI=1S/C14H26N2O4/c1-11(3-4-12(17)18)5-8-15-13(19)16-14(2)6-9-20-10-7-14/h11H,3-10H2,1-2H3,(H,17,18)(H2,15,16,19). The van der Waals surface area contributed by atoms with Crippen molar-refractivity contribution in [1.82, 2.24) is 10.6 Å². The van der Waals surface area contributed by atoms with Crippen molar-refractivity contribution in [3.8, 4) is 0 Å². The Hall–Kier alpha value is -1.30. The fraction of sp³-hybridized carbons (Fsp3) is 0.857. The van der Waals surface area contributed by atoms with E-state index in [2.05, 4.69) is 10.6 Å². The molecule has 1 fully saturated rings. The first-order valence-electron chi connectivity index (χ1n) is 7.27. The van der Waals surface area contributed by atoms with Crippen molar-refractivity contribution in [2.75, 3.05) is 19.8 Å². The Kier molecular flexibility index (Phi) is 6.78. The molecule has 1 atom stereocenters. The van der Waals surface area contributed by atoms with Crippen molar-refractivity contribution in [1.29, 1.82) is 0 Å². The maximum Gasteiger partial charge on any atom is 0.315 e. The third-order valence-electron chi connectivity index (χ3n) is 3.79. The van der Waals surface area contributed by atoms with Crippen LogP contribution in [0.3, 0.4) is 0 Å². The highest BCUT2D eigenvalue weighted by Crippen LogP contribution is 2.19. The Balaban J connectivity index is 2.14. The molecule has 0 aliphatic carbocycles. The molecule has 1 heterocycles. The predicted octanol–water partition coefficient (Wildman–Crippen LogP) is 1.75. The fourth-order valence-corrected chi connectivity index (χ4v) is 2.21. The number of carbonyl (C=O) groups is 2. The third-order valence-corrected chi connectivity index (χ3v) is 3.79. The molecule has 1 saturated heterocycles. The highest BCUT2D eigenvalue weighted by atomic mass is 16.5. The molecule has 3 N–H and O–H groups in total. The molecule has 1 aliphatic rings. The smallest absolute Gasteiger partial charge is 0.315 e. The van der Waals surface area contributed by atoms with Gasteiger partial charge in [0.05, 0.1) is 0 Å². The predicted molar refractivity (Wildman–Crippen MR) is 75.6 cm³/mol. The first-order chi connectivity index (χ1) is 9.41. The summed E-state index contributed by atoms with van der Waals surface area (Å²) in [6.07, 6.45) is 3.28. The second-order valence-electron chi connectivity index (χ2n) is 5.88. The first kappa shape index (κ1) is 16.8. The summed E-state index contributed by atoms with van der Waals surface area (Å²) >= 11 is 0. The molecule has 6 nitrogen and oxygen atoms in total. The second kappa shape index (κ2) is 8.09. The van der Waals surface area contributed by atoms with Crippen LogP contribution in [0.2, 0.25) is 0 Å². The number of urea groups is 1. The molecule has 1 aliphatic heterocycles. The third kappa shape index (κ3) is 6.75. The van der Waals surface area contributed by atoms with Crippen LogP contribution in [-0.2, 0) is 9.53 Å². The van der Waals surface area contributed by atoms with Gasteiger partial charge in [-0.05, 0) is 38.5 Å². The van der Waals surface area contributed by atoms with Gasteiger partial charge in [-0.2, -0.15) is 0 Å². The van der Waals surface area contributed by atoms with Gasteiger partial charge in [0.15, 0.2) is 0 Å². The number of carbonyl (C=O) groups excluding carboxylic acids is 1. The van der Waals surface area contributed by atoms with Crippen LogP contribution in [-0.4, -0.2) is 42.4 Å². The van der Waals surface area contributed by atoms with E-state index >= 15 is 0 Å². The van der Waals surface area contributed by atoms with E-state index in [1.807, 2.05) is 13.8 Å². The molecule has 0 spiro atoms. The zero-order valence-corrected chi connectivity index (χ0v) is 12.4. The molecule has 2 amide bonds. The Bertz CT molecular complexity index is 327. The van der Waals surface area contributed by atoms with Gasteiger partial charge in [0.25, 0.3) is 0 Å². The molecule has 116 valence electrons. The Morgan fingerprint density at radius 2 is 1.95 bits per heavy atom. The van der Waals surface area contributed by atoms with Crippen molar-refractivity contribution in [3.05, 3.63) is 0 Å². The van der Waals surface area contributed by atoms with Crippen LogP contribution in [0, 0.1) is 5.92 Å². The maximum atomic E-state index is 11.8. The highest BCUT2D eigenvalue weighted by Gasteiger charge is 2.28. The molecule has 0 bridgehead atoms. The second-order valence-corrected chi connectivity index (χ2v) is 5.88. The van der Waals surface area contributed by atoms with Crippen molar-refractivity contribution < 1.29 is 19.4 Å². The number of hydrogen-bond acceptors (Lipinski definition) is 3. The van der Waals surface area contributed by atoms with Gasteiger partial charge in [-0.25, -0.2) is 4.79 Å². The highest BCUT2D eigenvalue weighted by molar-refractivity contribution is 5.74. The van der Waals surface area contributed by atoms with Gasteiger partial charge in [0.1, 0.15) is 0 Å². The Morgan fingerprint density at radius 1 is 1.30 bits per heavy atom. The average Bonchev–Trinajstić information content (AvgIpc) is 2.36. The van der Waals surface area contributed by atoms with Crippen LogP contribution >= 0.6 is 0 Å². The summed E-state index contributed by atoms with van der Waals surface area (Å²) in [5, 5.41) is 14.4. The summed E-state index contributed by atoms with van der Waals surface area (Å²) in [4.78, 5) is 22.3. The van der Waals surface area contributed by atoms with E-state index in [9.17, 15) is 9.59 Å². The lowest BCUT2D eigenvalue weighted by molar-refractivity contribution is -0.137. The summed E-state index contributed by atoms with van der Waals surface area (Å²) in [6.45, 7) is 5.97. The summed E-state index contributed by atoms with van der Waals surface area (Å²) < 4.78 is 5.29. The summed E-state index contributed by atoms with van der Waals surface area (Å²) in [5.74, 6) is -0.472. The summed E-state index contributed by atoms with van der Waals surface area (Å²) in [5.41, 5.74) is -0.183. The molecular weight excluding hydrogens is 260 g/mol. The zero-order valence-electron chi connectivity index (χ0n) is 12.4. The van der Waals surface area contributed by atoms with E-state index in [4.69, 9.17) is 9.84 Å². The molecule has 6 heteroatoms. The number of carboxylic acid groups (broad SMARTS) is 1. The average molecular weight is 286 g/mol. The Labute approximate surface area is 120 Å². The lowest BCUT2D eigenvalue weighted by Crippen LogP contribution is -2.53. The van der Waals surface area contributed by atoms with Crippen LogP contribution in [0.15, 0.2) is 0 Å². The molecule has 0 aromatic carbocycles. The number of aliphatic carboxylic acids is 1. The Morgan fingerprint density at radius 3 is 2.55 bits per heavy atom. The number of nitrogens with one attached hydrogen (secondary N) is 2. The largest absolute Gasteiger partial charge is 0.481 e. The molecule has 0 saturated carbocycles. The van der Waals surface area contributed by atoms with Crippen LogP contribution < -0.4 is 10.6 Å². The topological polar surface area (TPSA) is 87.7 Å². The minimum absolute atomic E-state index is 0.153. The van der Waals surface area contributed by atoms with Crippen molar-refractivity contribution in [3.63, 3.8) is 0 Å². The number of ether oxygens (including phenoxy) is 1. The number of rotatable bonds is 7. The normalized spacial score (nSPS) is 19.1. The van der Waals surface area contributed by atoms with Crippen molar-refractivity contribution in [2.24, 2.45) is 5.92 Å². The van der Waals surface area contributed by atoms with Gasteiger partial charge in [-0.1, -0.05) is 6.92 Å². The molecule has 0 aromatic heterocycles. The molecule has 20 heavy (non-hydrogen) atoms. The van der Waals surface area contributed by atoms with Crippen LogP contribution in [0.25, 0.3) is 0 Å². The SMILES string of the molecule is CC(CCNC(=O)NC1(C)CCOCC1)CCC(=O)O. The van der Waals surface area contributed by atoms with E-state index in [0.717, 1.165) is 19.3 Å². The molecular formula is C14H26N2O4. The van der Waals surface area contributed by atoms with Gasteiger partial charge in [0, 0.05) is 31.7 Å². The molecule has 1 unspecified atom stereocenters. The van der Waals surface area contributed by atoms with Crippen LogP contribution in [0.1, 0.15) is 46.0 Å². The van der Waals surface area contributed by atoms with Gasteiger partial charge < -0.3 is 20.5 Å². The summed E-state index contributed by atoms with van der Waals surface area (Å²) in [6, 6.07) is -0.153. The first-order valence-corrected chi connectivity index (χ1v) is 7.27. The molecule has 0 radical (unpaired) electrons. The fourth-order valence-electron chi connectivity index (χ4n) is 2.21. The quantitative estimate of drug-likeness (QED) is 0.665.